The van der Waals surface area contributed by atoms with Crippen LogP contribution in [0, 0.1) is 5.41 Å². The fourth-order valence-electron chi connectivity index (χ4n) is 2.61. The Morgan fingerprint density at radius 3 is 2.61 bits per heavy atom. The van der Waals surface area contributed by atoms with Crippen molar-refractivity contribution < 1.29 is 0 Å². The maximum atomic E-state index is 6.28. The molecule has 0 amide bonds. The van der Waals surface area contributed by atoms with Crippen molar-refractivity contribution in [1.29, 1.82) is 0 Å². The van der Waals surface area contributed by atoms with E-state index in [0.29, 0.717) is 12.2 Å². The van der Waals surface area contributed by atoms with E-state index in [9.17, 15) is 0 Å². The second-order valence-electron chi connectivity index (χ2n) is 6.89. The minimum absolute atomic E-state index is 0.0837. The van der Waals surface area contributed by atoms with Gasteiger partial charge in [0.25, 0.3) is 0 Å². The number of nitrogens with two attached hydrogens (primary N) is 1. The maximum absolute atomic E-state index is 6.28. The topological polar surface area (TPSA) is 69.6 Å². The number of nitrogens with zero attached hydrogens (tertiary/aromatic N) is 4. The molecule has 0 aliphatic rings. The number of aromatic nitrogens is 4. The molecule has 0 unspecified atom stereocenters. The SMILES string of the molecule is CC(C)(C)Cn1nc(Cc2ccccc2Cl)c2c(N)ncnc21. The van der Waals surface area contributed by atoms with Crippen molar-refractivity contribution in [3.05, 3.63) is 46.9 Å². The molecule has 0 atom stereocenters. The van der Waals surface area contributed by atoms with Crippen LogP contribution in [0.2, 0.25) is 5.02 Å². The highest BCUT2D eigenvalue weighted by Crippen LogP contribution is 2.28. The molecule has 5 nitrogen and oxygen atoms in total. The van der Waals surface area contributed by atoms with Crippen LogP contribution in [0.25, 0.3) is 11.0 Å². The minimum atomic E-state index is 0.0837. The molecule has 3 rings (SSSR count). The van der Waals surface area contributed by atoms with Crippen molar-refractivity contribution in [2.75, 3.05) is 5.73 Å². The van der Waals surface area contributed by atoms with Crippen molar-refractivity contribution in [2.45, 2.75) is 33.7 Å². The summed E-state index contributed by atoms with van der Waals surface area (Å²) < 4.78 is 1.92. The van der Waals surface area contributed by atoms with Gasteiger partial charge in [0.2, 0.25) is 0 Å². The molecule has 0 fully saturated rings. The highest BCUT2D eigenvalue weighted by Gasteiger charge is 2.20. The summed E-state index contributed by atoms with van der Waals surface area (Å²) in [6.07, 6.45) is 2.09. The fraction of sp³-hybridized carbons (Fsp3) is 0.353. The average Bonchev–Trinajstić information content (AvgIpc) is 2.79. The molecule has 0 spiro atoms. The standard InChI is InChI=1S/C17H20ClN5/c1-17(2,3)9-23-16-14(15(19)20-10-21-16)13(22-23)8-11-6-4-5-7-12(11)18/h4-7,10H,8-9H2,1-3H3,(H2,19,20,21). The lowest BCUT2D eigenvalue weighted by Gasteiger charge is -2.18. The van der Waals surface area contributed by atoms with Crippen LogP contribution >= 0.6 is 11.6 Å². The molecule has 1 aromatic carbocycles. The first-order valence-corrected chi connectivity index (χ1v) is 7.92. The predicted octanol–water partition coefficient (Wildman–Crippen LogP) is 3.70. The Labute approximate surface area is 140 Å². The second-order valence-corrected chi connectivity index (χ2v) is 7.30. The second kappa shape index (κ2) is 5.81. The Bertz CT molecular complexity index is 848. The fourth-order valence-corrected chi connectivity index (χ4v) is 2.81. The zero-order chi connectivity index (χ0) is 16.6. The van der Waals surface area contributed by atoms with Crippen molar-refractivity contribution >= 4 is 28.5 Å². The molecule has 0 saturated carbocycles. The zero-order valence-electron chi connectivity index (χ0n) is 13.5. The molecule has 0 saturated heterocycles. The smallest absolute Gasteiger partial charge is 0.163 e. The van der Waals surface area contributed by atoms with Crippen molar-refractivity contribution in [1.82, 2.24) is 19.7 Å². The Hall–Kier alpha value is -2.14. The Kier molecular flexibility index (Phi) is 3.98. The Morgan fingerprint density at radius 2 is 1.91 bits per heavy atom. The van der Waals surface area contributed by atoms with E-state index in [-0.39, 0.29) is 5.41 Å². The highest BCUT2D eigenvalue weighted by atomic mass is 35.5. The molecule has 23 heavy (non-hydrogen) atoms. The summed E-state index contributed by atoms with van der Waals surface area (Å²) in [6, 6.07) is 7.76. The summed E-state index contributed by atoms with van der Waals surface area (Å²) in [5.41, 5.74) is 8.82. The predicted molar refractivity (Wildman–Crippen MR) is 93.4 cm³/mol. The van der Waals surface area contributed by atoms with Gasteiger partial charge in [0, 0.05) is 18.0 Å². The first kappa shape index (κ1) is 15.7. The number of halogens is 1. The van der Waals surface area contributed by atoms with E-state index in [1.54, 1.807) is 0 Å². The summed E-state index contributed by atoms with van der Waals surface area (Å²) in [4.78, 5) is 8.51. The van der Waals surface area contributed by atoms with Gasteiger partial charge in [-0.3, -0.25) is 0 Å². The molecule has 0 aliphatic carbocycles. The van der Waals surface area contributed by atoms with Crippen LogP contribution in [0.15, 0.2) is 30.6 Å². The van der Waals surface area contributed by atoms with E-state index in [1.165, 1.54) is 6.33 Å². The summed E-state index contributed by atoms with van der Waals surface area (Å²) in [5, 5.41) is 6.29. The molecular formula is C17H20ClN5. The average molecular weight is 330 g/mol. The Morgan fingerprint density at radius 1 is 1.17 bits per heavy atom. The van der Waals surface area contributed by atoms with Crippen LogP contribution in [-0.2, 0) is 13.0 Å². The molecule has 6 heteroatoms. The van der Waals surface area contributed by atoms with Gasteiger partial charge in [0.15, 0.2) is 5.65 Å². The molecule has 2 aromatic heterocycles. The number of anilines is 1. The number of rotatable bonds is 3. The van der Waals surface area contributed by atoms with Crippen LogP contribution in [0.3, 0.4) is 0 Å². The number of fused-ring (bicyclic) bond motifs is 1. The van der Waals surface area contributed by atoms with Gasteiger partial charge in [0.1, 0.15) is 12.1 Å². The number of benzene rings is 1. The third-order valence-electron chi connectivity index (χ3n) is 3.57. The van der Waals surface area contributed by atoms with Crippen LogP contribution < -0.4 is 5.73 Å². The first-order valence-electron chi connectivity index (χ1n) is 7.54. The summed E-state index contributed by atoms with van der Waals surface area (Å²) >= 11 is 6.28. The van der Waals surface area contributed by atoms with Gasteiger partial charge < -0.3 is 5.73 Å². The van der Waals surface area contributed by atoms with Gasteiger partial charge in [-0.1, -0.05) is 50.6 Å². The number of hydrogen-bond acceptors (Lipinski definition) is 4. The first-order chi connectivity index (χ1) is 10.8. The molecule has 0 aliphatic heterocycles. The third kappa shape index (κ3) is 3.29. The van der Waals surface area contributed by atoms with E-state index < -0.39 is 0 Å². The van der Waals surface area contributed by atoms with Crippen LogP contribution in [0.5, 0.6) is 0 Å². The normalized spacial score (nSPS) is 12.0. The molecule has 120 valence electrons. The lowest BCUT2D eigenvalue weighted by Crippen LogP contribution is -2.17. The largest absolute Gasteiger partial charge is 0.383 e. The van der Waals surface area contributed by atoms with Gasteiger partial charge >= 0.3 is 0 Å². The van der Waals surface area contributed by atoms with E-state index in [1.807, 2.05) is 28.9 Å². The number of nitrogen functional groups attached to an aromatic ring is 1. The quantitative estimate of drug-likeness (QED) is 0.795. The molecule has 2 heterocycles. The van der Waals surface area contributed by atoms with Crippen molar-refractivity contribution in [3.8, 4) is 0 Å². The minimum Gasteiger partial charge on any atom is -0.383 e. The molecule has 2 N–H and O–H groups in total. The van der Waals surface area contributed by atoms with Crippen molar-refractivity contribution in [3.63, 3.8) is 0 Å². The molecular weight excluding hydrogens is 310 g/mol. The Balaban J connectivity index is 2.11. The van der Waals surface area contributed by atoms with E-state index in [0.717, 1.165) is 33.9 Å². The summed E-state index contributed by atoms with van der Waals surface area (Å²) in [7, 11) is 0. The van der Waals surface area contributed by atoms with Crippen LogP contribution in [-0.4, -0.2) is 19.7 Å². The van der Waals surface area contributed by atoms with Crippen LogP contribution in [0.4, 0.5) is 5.82 Å². The van der Waals surface area contributed by atoms with Gasteiger partial charge in [-0.15, -0.1) is 0 Å². The van der Waals surface area contributed by atoms with Gasteiger partial charge in [-0.05, 0) is 17.0 Å². The molecule has 0 radical (unpaired) electrons. The maximum Gasteiger partial charge on any atom is 0.163 e. The zero-order valence-corrected chi connectivity index (χ0v) is 14.3. The van der Waals surface area contributed by atoms with E-state index >= 15 is 0 Å². The van der Waals surface area contributed by atoms with Gasteiger partial charge in [-0.25, -0.2) is 14.6 Å². The highest BCUT2D eigenvalue weighted by molar-refractivity contribution is 6.31. The third-order valence-corrected chi connectivity index (χ3v) is 3.94. The monoisotopic (exact) mass is 329 g/mol. The van der Waals surface area contributed by atoms with Gasteiger partial charge in [-0.2, -0.15) is 5.10 Å². The molecule has 3 aromatic rings. The lowest BCUT2D eigenvalue weighted by atomic mass is 9.97. The van der Waals surface area contributed by atoms with E-state index in [4.69, 9.17) is 22.4 Å². The molecule has 0 bridgehead atoms. The number of hydrogen-bond donors (Lipinski definition) is 1. The lowest BCUT2D eigenvalue weighted by molar-refractivity contribution is 0.329. The summed E-state index contributed by atoms with van der Waals surface area (Å²) in [6.45, 7) is 7.25. The summed E-state index contributed by atoms with van der Waals surface area (Å²) in [5.74, 6) is 0.456. The van der Waals surface area contributed by atoms with Gasteiger partial charge in [0.05, 0.1) is 11.1 Å². The van der Waals surface area contributed by atoms with Crippen molar-refractivity contribution in [2.24, 2.45) is 5.41 Å². The van der Waals surface area contributed by atoms with Crippen LogP contribution in [0.1, 0.15) is 32.0 Å². The van der Waals surface area contributed by atoms with E-state index in [2.05, 4.69) is 30.7 Å².